The van der Waals surface area contributed by atoms with Crippen LogP contribution in [-0.4, -0.2) is 33.5 Å². The van der Waals surface area contributed by atoms with Gasteiger partial charge in [0.15, 0.2) is 5.69 Å². The van der Waals surface area contributed by atoms with E-state index in [-0.39, 0.29) is 29.7 Å². The summed E-state index contributed by atoms with van der Waals surface area (Å²) >= 11 is 1.53. The Morgan fingerprint density at radius 3 is 2.55 bits per heavy atom. The van der Waals surface area contributed by atoms with E-state index in [1.54, 1.807) is 0 Å². The molecule has 3 N–H and O–H groups in total. The van der Waals surface area contributed by atoms with Crippen LogP contribution < -0.4 is 21.9 Å². The van der Waals surface area contributed by atoms with Crippen molar-refractivity contribution >= 4 is 29.2 Å². The van der Waals surface area contributed by atoms with Gasteiger partial charge in [0.05, 0.1) is 12.3 Å². The second-order valence-electron chi connectivity index (χ2n) is 7.37. The molecular formula is C21H30N4O3S. The van der Waals surface area contributed by atoms with Gasteiger partial charge in [-0.3, -0.25) is 19.1 Å². The van der Waals surface area contributed by atoms with E-state index in [0.29, 0.717) is 12.5 Å². The van der Waals surface area contributed by atoms with Crippen LogP contribution in [0, 0.1) is 5.92 Å². The van der Waals surface area contributed by atoms with Gasteiger partial charge in [0.25, 0.3) is 5.56 Å². The number of rotatable bonds is 10. The highest BCUT2D eigenvalue weighted by Crippen LogP contribution is 2.20. The molecule has 7 nitrogen and oxygen atoms in total. The lowest BCUT2D eigenvalue weighted by atomic mass is 10.2. The highest BCUT2D eigenvalue weighted by Gasteiger charge is 2.24. The number of nitrogens with two attached hydrogens (primary N) is 1. The van der Waals surface area contributed by atoms with Crippen molar-refractivity contribution in [3.05, 3.63) is 56.7 Å². The Kier molecular flexibility index (Phi) is 8.57. The summed E-state index contributed by atoms with van der Waals surface area (Å²) in [5.41, 5.74) is 5.98. The number of carbonyl (C=O) groups excluding carboxylic acids is 1. The Balaban J connectivity index is 2.41. The summed E-state index contributed by atoms with van der Waals surface area (Å²) in [6.07, 6.45) is 1.60. The number of thioether (sulfide) groups is 1. The molecule has 0 bridgehead atoms. The van der Waals surface area contributed by atoms with Gasteiger partial charge in [-0.1, -0.05) is 57.5 Å². The molecule has 0 aliphatic rings. The van der Waals surface area contributed by atoms with Gasteiger partial charge >= 0.3 is 5.69 Å². The van der Waals surface area contributed by atoms with Crippen LogP contribution in [0.25, 0.3) is 0 Å². The number of nitrogens with one attached hydrogen (secondary N) is 1. The number of hydrogen-bond acceptors (Lipinski definition) is 5. The third-order valence-electron chi connectivity index (χ3n) is 4.38. The zero-order chi connectivity index (χ0) is 21.4. The van der Waals surface area contributed by atoms with E-state index in [1.165, 1.54) is 21.2 Å². The summed E-state index contributed by atoms with van der Waals surface area (Å²) in [7, 11) is 0. The third-order valence-corrected chi connectivity index (χ3v) is 5.73. The Morgan fingerprint density at radius 1 is 1.24 bits per heavy atom. The molecule has 0 unspecified atom stereocenters. The van der Waals surface area contributed by atoms with E-state index in [4.69, 9.17) is 5.73 Å². The minimum Gasteiger partial charge on any atom is -0.383 e. The molecule has 2 aromatic rings. The molecular weight excluding hydrogens is 388 g/mol. The fourth-order valence-electron chi connectivity index (χ4n) is 2.90. The molecule has 0 aliphatic heterocycles. The van der Waals surface area contributed by atoms with Crippen molar-refractivity contribution in [1.82, 2.24) is 9.55 Å². The highest BCUT2D eigenvalue weighted by molar-refractivity contribution is 7.99. The predicted molar refractivity (Wildman–Crippen MR) is 121 cm³/mol. The van der Waals surface area contributed by atoms with E-state index in [1.807, 2.05) is 37.3 Å². The molecule has 0 aliphatic carbocycles. The summed E-state index contributed by atoms with van der Waals surface area (Å²) in [6.45, 7) is 6.80. The molecule has 1 aromatic heterocycles. The van der Waals surface area contributed by atoms with Gasteiger partial charge < -0.3 is 10.6 Å². The maximum Gasteiger partial charge on any atom is 0.330 e. The average Bonchev–Trinajstić information content (AvgIpc) is 2.68. The van der Waals surface area contributed by atoms with Gasteiger partial charge in [-0.2, -0.15) is 11.8 Å². The van der Waals surface area contributed by atoms with Crippen LogP contribution in [0.15, 0.2) is 39.9 Å². The molecule has 2 rings (SSSR count). The number of hydrogen-bond donors (Lipinski definition) is 2. The largest absolute Gasteiger partial charge is 0.383 e. The van der Waals surface area contributed by atoms with Crippen molar-refractivity contribution in [2.45, 2.75) is 40.2 Å². The van der Waals surface area contributed by atoms with Crippen molar-refractivity contribution in [3.63, 3.8) is 0 Å². The van der Waals surface area contributed by atoms with Gasteiger partial charge in [0, 0.05) is 6.54 Å². The number of aromatic nitrogens is 2. The Bertz CT molecular complexity index is 922. The molecule has 1 aromatic carbocycles. The second kappa shape index (κ2) is 10.9. The van der Waals surface area contributed by atoms with E-state index < -0.39 is 11.2 Å². The van der Waals surface area contributed by atoms with E-state index in [9.17, 15) is 14.4 Å². The van der Waals surface area contributed by atoms with Gasteiger partial charge in [0.1, 0.15) is 5.82 Å². The summed E-state index contributed by atoms with van der Waals surface area (Å²) < 4.78 is 1.31. The van der Waals surface area contributed by atoms with Crippen LogP contribution in [0.2, 0.25) is 0 Å². The molecule has 0 saturated heterocycles. The maximum atomic E-state index is 12.9. The normalized spacial score (nSPS) is 11.0. The number of unbranched alkanes of at least 4 members (excludes halogenated alkanes) is 1. The average molecular weight is 419 g/mol. The van der Waals surface area contributed by atoms with Crippen LogP contribution in [0.3, 0.4) is 0 Å². The topological polar surface area (TPSA) is 101 Å². The Labute approximate surface area is 175 Å². The number of aromatic amines is 1. The number of amides is 1. The lowest BCUT2D eigenvalue weighted by Gasteiger charge is -2.24. The first-order valence-corrected chi connectivity index (χ1v) is 11.0. The zero-order valence-corrected chi connectivity index (χ0v) is 18.1. The van der Waals surface area contributed by atoms with Crippen molar-refractivity contribution in [3.8, 4) is 0 Å². The summed E-state index contributed by atoms with van der Waals surface area (Å²) in [5.74, 6) is 1.43. The summed E-state index contributed by atoms with van der Waals surface area (Å²) in [4.78, 5) is 41.7. The van der Waals surface area contributed by atoms with Crippen LogP contribution >= 0.6 is 11.8 Å². The quantitative estimate of drug-likeness (QED) is 0.618. The summed E-state index contributed by atoms with van der Waals surface area (Å²) in [5, 5.41) is 0. The van der Waals surface area contributed by atoms with Gasteiger partial charge in [0.2, 0.25) is 5.91 Å². The standard InChI is InChI=1S/C21H30N4O3S/c1-4-5-11-24(17(26)14-29-13-15(2)3)18-19(22)25(21(28)23-20(18)27)12-16-9-7-6-8-10-16/h6-10,15H,4-5,11-14,22H2,1-3H3,(H,23,27,28). The highest BCUT2D eigenvalue weighted by atomic mass is 32.2. The first-order valence-electron chi connectivity index (χ1n) is 9.89. The zero-order valence-electron chi connectivity index (χ0n) is 17.3. The molecule has 158 valence electrons. The molecule has 0 spiro atoms. The number of anilines is 2. The second-order valence-corrected chi connectivity index (χ2v) is 8.40. The monoisotopic (exact) mass is 418 g/mol. The van der Waals surface area contributed by atoms with Gasteiger partial charge in [-0.05, 0) is 23.7 Å². The van der Waals surface area contributed by atoms with Crippen molar-refractivity contribution in [1.29, 1.82) is 0 Å². The van der Waals surface area contributed by atoms with Gasteiger partial charge in [-0.25, -0.2) is 4.79 Å². The van der Waals surface area contributed by atoms with Gasteiger partial charge in [-0.15, -0.1) is 0 Å². The van der Waals surface area contributed by atoms with Crippen molar-refractivity contribution in [2.75, 3.05) is 28.7 Å². The minimum atomic E-state index is -0.630. The number of H-pyrrole nitrogens is 1. The number of benzene rings is 1. The van der Waals surface area contributed by atoms with Crippen LogP contribution in [0.5, 0.6) is 0 Å². The molecule has 29 heavy (non-hydrogen) atoms. The molecule has 1 amide bonds. The predicted octanol–water partition coefficient (Wildman–Crippen LogP) is 2.69. The van der Waals surface area contributed by atoms with E-state index >= 15 is 0 Å². The summed E-state index contributed by atoms with van der Waals surface area (Å²) in [6, 6.07) is 9.37. The molecule has 8 heteroatoms. The lowest BCUT2D eigenvalue weighted by Crippen LogP contribution is -2.42. The fourth-order valence-corrected chi connectivity index (χ4v) is 3.82. The Hall–Kier alpha value is -2.48. The smallest absolute Gasteiger partial charge is 0.330 e. The number of nitrogens with zero attached hydrogens (tertiary/aromatic N) is 2. The molecule has 0 fully saturated rings. The van der Waals surface area contributed by atoms with E-state index in [0.717, 1.165) is 24.2 Å². The third kappa shape index (κ3) is 6.25. The van der Waals surface area contributed by atoms with Crippen LogP contribution in [0.4, 0.5) is 11.5 Å². The maximum absolute atomic E-state index is 12.9. The number of carbonyl (C=O) groups is 1. The van der Waals surface area contributed by atoms with Crippen molar-refractivity contribution in [2.24, 2.45) is 5.92 Å². The molecule has 1 heterocycles. The Morgan fingerprint density at radius 2 is 1.93 bits per heavy atom. The minimum absolute atomic E-state index is 0.0147. The molecule has 0 saturated carbocycles. The number of nitrogen functional groups attached to an aromatic ring is 1. The fraction of sp³-hybridized carbons (Fsp3) is 0.476. The SMILES string of the molecule is CCCCN(C(=O)CSCC(C)C)c1c(N)n(Cc2ccccc2)c(=O)[nH]c1=O. The van der Waals surface area contributed by atoms with E-state index in [2.05, 4.69) is 18.8 Å². The molecule has 0 atom stereocenters. The molecule has 0 radical (unpaired) electrons. The first kappa shape index (κ1) is 22.8. The lowest BCUT2D eigenvalue weighted by molar-refractivity contribution is -0.116. The van der Waals surface area contributed by atoms with Crippen LogP contribution in [-0.2, 0) is 11.3 Å². The van der Waals surface area contributed by atoms with Crippen molar-refractivity contribution < 1.29 is 4.79 Å². The van der Waals surface area contributed by atoms with Crippen LogP contribution in [0.1, 0.15) is 39.2 Å². The first-order chi connectivity index (χ1) is 13.8.